The zero-order valence-electron chi connectivity index (χ0n) is 19.0. The summed E-state index contributed by atoms with van der Waals surface area (Å²) < 4.78 is 10.3. The maximum Gasteiger partial charge on any atom is 0.338 e. The van der Waals surface area contributed by atoms with Crippen LogP contribution in [0.5, 0.6) is 5.75 Å². The molecule has 2 aromatic carbocycles. The molecule has 6 heteroatoms. The molecule has 0 aromatic heterocycles. The number of rotatable bonds is 6. The van der Waals surface area contributed by atoms with E-state index >= 15 is 0 Å². The van der Waals surface area contributed by atoms with Crippen LogP contribution in [0, 0.1) is 6.92 Å². The standard InChI is InChI=1S/C19H23NO4.C7H8.ClH/c1-3-24-19(22)17-12-20(9-7-18(17)21)8-6-14-10-13-4-5-15(23-2)11-16(13)14;1-7-5-3-2-4-6-7;/h4-5,10-11,21H,3,6-9,12H2,1-2H3;2-6H,1H3;1H. The van der Waals surface area contributed by atoms with Crippen molar-refractivity contribution in [2.24, 2.45) is 0 Å². The van der Waals surface area contributed by atoms with E-state index < -0.39 is 5.97 Å². The molecule has 2 aromatic rings. The molecule has 0 spiro atoms. The van der Waals surface area contributed by atoms with Gasteiger partial charge in [0.15, 0.2) is 0 Å². The van der Waals surface area contributed by atoms with Crippen LogP contribution in [0.3, 0.4) is 0 Å². The van der Waals surface area contributed by atoms with Crippen LogP contribution in [0.25, 0.3) is 11.6 Å². The SMILES string of the molecule is CCOC(=O)C1=C(O)CCN(CCC2=Cc3ccc(OC)cc32)C1.Cc1ccccc1.Cl. The summed E-state index contributed by atoms with van der Waals surface area (Å²) in [7, 11) is 1.67. The van der Waals surface area contributed by atoms with Crippen LogP contribution in [0.15, 0.2) is 59.9 Å². The topological polar surface area (TPSA) is 59.0 Å². The molecule has 4 rings (SSSR count). The molecule has 0 amide bonds. The van der Waals surface area contributed by atoms with E-state index in [1.54, 1.807) is 14.0 Å². The molecular formula is C26H32ClNO4. The molecule has 0 radical (unpaired) electrons. The van der Waals surface area contributed by atoms with Crippen molar-refractivity contribution in [1.82, 2.24) is 4.90 Å². The normalized spacial score (nSPS) is 14.7. The van der Waals surface area contributed by atoms with E-state index in [0.29, 0.717) is 25.1 Å². The fraction of sp³-hybridized carbons (Fsp3) is 0.346. The van der Waals surface area contributed by atoms with Crippen molar-refractivity contribution in [2.45, 2.75) is 26.7 Å². The summed E-state index contributed by atoms with van der Waals surface area (Å²) in [5, 5.41) is 9.93. The van der Waals surface area contributed by atoms with E-state index in [4.69, 9.17) is 9.47 Å². The van der Waals surface area contributed by atoms with Crippen LogP contribution >= 0.6 is 12.4 Å². The Bertz CT molecular complexity index is 969. The van der Waals surface area contributed by atoms with Gasteiger partial charge in [0.1, 0.15) is 11.5 Å². The second-order valence-corrected chi connectivity index (χ2v) is 7.70. The van der Waals surface area contributed by atoms with Crippen molar-refractivity contribution in [1.29, 1.82) is 0 Å². The lowest BCUT2D eigenvalue weighted by atomic mass is 9.86. The van der Waals surface area contributed by atoms with Gasteiger partial charge in [-0.3, -0.25) is 4.90 Å². The Morgan fingerprint density at radius 1 is 1.16 bits per heavy atom. The highest BCUT2D eigenvalue weighted by molar-refractivity contribution is 5.96. The maximum atomic E-state index is 11.9. The third kappa shape index (κ3) is 6.62. The van der Waals surface area contributed by atoms with E-state index in [1.807, 2.05) is 24.3 Å². The quantitative estimate of drug-likeness (QED) is 0.585. The van der Waals surface area contributed by atoms with Gasteiger partial charge in [-0.15, -0.1) is 12.4 Å². The Morgan fingerprint density at radius 3 is 2.53 bits per heavy atom. The van der Waals surface area contributed by atoms with Gasteiger partial charge in [-0.1, -0.05) is 48.0 Å². The highest BCUT2D eigenvalue weighted by atomic mass is 35.5. The number of methoxy groups -OCH3 is 1. The van der Waals surface area contributed by atoms with Crippen molar-refractivity contribution >= 4 is 30.0 Å². The largest absolute Gasteiger partial charge is 0.512 e. The van der Waals surface area contributed by atoms with Crippen molar-refractivity contribution in [3.05, 3.63) is 76.6 Å². The van der Waals surface area contributed by atoms with Gasteiger partial charge in [0, 0.05) is 26.1 Å². The lowest BCUT2D eigenvalue weighted by Gasteiger charge is -2.29. The smallest absolute Gasteiger partial charge is 0.338 e. The Morgan fingerprint density at radius 2 is 1.91 bits per heavy atom. The molecule has 32 heavy (non-hydrogen) atoms. The van der Waals surface area contributed by atoms with E-state index in [0.717, 1.165) is 25.3 Å². The van der Waals surface area contributed by atoms with Gasteiger partial charge in [0.25, 0.3) is 0 Å². The van der Waals surface area contributed by atoms with E-state index in [-0.39, 0.29) is 18.2 Å². The van der Waals surface area contributed by atoms with Crippen molar-refractivity contribution in [3.63, 3.8) is 0 Å². The molecule has 1 N–H and O–H groups in total. The number of esters is 1. The summed E-state index contributed by atoms with van der Waals surface area (Å²) in [6.07, 6.45) is 3.60. The highest BCUT2D eigenvalue weighted by Crippen LogP contribution is 2.37. The van der Waals surface area contributed by atoms with Crippen LogP contribution < -0.4 is 4.74 Å². The van der Waals surface area contributed by atoms with Crippen molar-refractivity contribution in [2.75, 3.05) is 33.4 Å². The summed E-state index contributed by atoms with van der Waals surface area (Å²) in [6, 6.07) is 16.4. The Kier molecular flexibility index (Phi) is 9.82. The van der Waals surface area contributed by atoms with E-state index in [1.165, 1.54) is 22.3 Å². The molecule has 172 valence electrons. The summed E-state index contributed by atoms with van der Waals surface area (Å²) in [4.78, 5) is 14.1. The van der Waals surface area contributed by atoms with E-state index in [9.17, 15) is 9.90 Å². The van der Waals surface area contributed by atoms with Gasteiger partial charge < -0.3 is 14.6 Å². The minimum atomic E-state index is -0.405. The first kappa shape index (κ1) is 25.5. The number of halogens is 1. The maximum absolute atomic E-state index is 11.9. The van der Waals surface area contributed by atoms with Crippen molar-refractivity contribution < 1.29 is 19.4 Å². The van der Waals surface area contributed by atoms with Gasteiger partial charge in [0.2, 0.25) is 0 Å². The summed E-state index contributed by atoms with van der Waals surface area (Å²) in [5.41, 5.74) is 5.51. The number of aryl methyl sites for hydroxylation is 1. The van der Waals surface area contributed by atoms with Crippen LogP contribution in [-0.4, -0.2) is 49.3 Å². The molecule has 0 atom stereocenters. The average Bonchev–Trinajstić information content (AvgIpc) is 2.76. The predicted octanol–water partition coefficient (Wildman–Crippen LogP) is 5.44. The third-order valence-corrected chi connectivity index (χ3v) is 5.49. The lowest BCUT2D eigenvalue weighted by Crippen LogP contribution is -2.35. The molecular weight excluding hydrogens is 426 g/mol. The number of aliphatic hydroxyl groups excluding tert-OH is 1. The minimum absolute atomic E-state index is 0. The van der Waals surface area contributed by atoms with Crippen LogP contribution in [-0.2, 0) is 9.53 Å². The zero-order valence-corrected chi connectivity index (χ0v) is 19.8. The van der Waals surface area contributed by atoms with Gasteiger partial charge in [-0.2, -0.15) is 0 Å². The summed E-state index contributed by atoms with van der Waals surface area (Å²) in [6.45, 7) is 6.22. The number of carbonyl (C=O) groups excluding carboxylic acids is 1. The number of hydrogen-bond acceptors (Lipinski definition) is 5. The molecule has 2 aliphatic rings. The zero-order chi connectivity index (χ0) is 22.2. The van der Waals surface area contributed by atoms with Gasteiger partial charge in [0.05, 0.1) is 19.3 Å². The number of benzene rings is 2. The fourth-order valence-corrected chi connectivity index (χ4v) is 3.67. The molecule has 0 saturated heterocycles. The number of aliphatic hydroxyl groups is 1. The monoisotopic (exact) mass is 457 g/mol. The first-order valence-corrected chi connectivity index (χ1v) is 10.7. The minimum Gasteiger partial charge on any atom is -0.512 e. The summed E-state index contributed by atoms with van der Waals surface area (Å²) >= 11 is 0. The van der Waals surface area contributed by atoms with Crippen LogP contribution in [0.4, 0.5) is 0 Å². The highest BCUT2D eigenvalue weighted by Gasteiger charge is 2.25. The Balaban J connectivity index is 0.000000388. The third-order valence-electron chi connectivity index (χ3n) is 5.49. The number of carbonyl (C=O) groups is 1. The lowest BCUT2D eigenvalue weighted by molar-refractivity contribution is -0.139. The van der Waals surface area contributed by atoms with Gasteiger partial charge >= 0.3 is 5.97 Å². The molecule has 0 unspecified atom stereocenters. The average molecular weight is 458 g/mol. The number of nitrogens with zero attached hydrogens (tertiary/aromatic N) is 1. The number of fused-ring (bicyclic) bond motifs is 1. The van der Waals surface area contributed by atoms with Gasteiger partial charge in [-0.05, 0) is 49.1 Å². The second-order valence-electron chi connectivity index (χ2n) is 7.70. The molecule has 1 aliphatic heterocycles. The molecule has 0 saturated carbocycles. The summed E-state index contributed by atoms with van der Waals surface area (Å²) in [5.74, 6) is 0.634. The van der Waals surface area contributed by atoms with Crippen LogP contribution in [0.1, 0.15) is 36.5 Å². The van der Waals surface area contributed by atoms with Crippen LogP contribution in [0.2, 0.25) is 0 Å². The van der Waals surface area contributed by atoms with Gasteiger partial charge in [-0.25, -0.2) is 4.79 Å². The number of hydrogen-bond donors (Lipinski definition) is 1. The molecule has 0 bridgehead atoms. The van der Waals surface area contributed by atoms with Crippen molar-refractivity contribution in [3.8, 4) is 5.75 Å². The second kappa shape index (κ2) is 12.3. The molecule has 0 fully saturated rings. The number of ether oxygens (including phenoxy) is 2. The molecule has 5 nitrogen and oxygen atoms in total. The predicted molar refractivity (Wildman–Crippen MR) is 131 cm³/mol. The molecule has 1 heterocycles. The van der Waals surface area contributed by atoms with E-state index in [2.05, 4.69) is 42.2 Å². The molecule has 1 aliphatic carbocycles. The Hall–Kier alpha value is -2.76. The fourth-order valence-electron chi connectivity index (χ4n) is 3.67. The first-order chi connectivity index (χ1) is 15.0. The first-order valence-electron chi connectivity index (χ1n) is 10.7. The Labute approximate surface area is 196 Å².